The number of ether oxygens (including phenoxy) is 1. The lowest BCUT2D eigenvalue weighted by atomic mass is 10.0. The number of likely N-dealkylation sites (N-methyl/N-ethyl adjacent to an activating group) is 1. The van der Waals surface area contributed by atoms with Crippen molar-refractivity contribution in [3.8, 4) is 5.75 Å². The van der Waals surface area contributed by atoms with Crippen LogP contribution in [0.15, 0.2) is 85.1 Å². The van der Waals surface area contributed by atoms with Crippen LogP contribution in [0.3, 0.4) is 0 Å². The standard InChI is InChI=1S/C32H38N4O4/c1-36(22-24-12-6-9-15-30(24)40-2)32(39)29(18-23-10-4-3-5-11-23)34-17-16-33-26(20-31(37)38)19-25-21-35-28-14-8-7-13-27(25)28/h3-15,21,26,29,33-35H,16-20,22H2,1-2H3,(H,37,38)/t26-,29-/m0/s1. The Morgan fingerprint density at radius 1 is 0.900 bits per heavy atom. The van der Waals surface area contributed by atoms with Crippen molar-refractivity contribution in [2.24, 2.45) is 0 Å². The van der Waals surface area contributed by atoms with Gasteiger partial charge in [0.15, 0.2) is 0 Å². The van der Waals surface area contributed by atoms with E-state index in [1.54, 1.807) is 19.1 Å². The molecule has 0 bridgehead atoms. The van der Waals surface area contributed by atoms with Gasteiger partial charge in [0, 0.05) is 55.4 Å². The summed E-state index contributed by atoms with van der Waals surface area (Å²) in [6.07, 6.45) is 3.09. The average molecular weight is 543 g/mol. The van der Waals surface area contributed by atoms with Crippen molar-refractivity contribution < 1.29 is 19.4 Å². The molecular weight excluding hydrogens is 504 g/mol. The Bertz CT molecular complexity index is 1390. The number of carboxylic acids is 1. The van der Waals surface area contributed by atoms with Crippen LogP contribution in [0.1, 0.15) is 23.1 Å². The SMILES string of the molecule is COc1ccccc1CN(C)C(=O)[C@H](Cc1ccccc1)NCCN[C@H](CC(=O)O)Cc1c[nH]c2ccccc12. The van der Waals surface area contributed by atoms with Gasteiger partial charge in [-0.25, -0.2) is 0 Å². The minimum absolute atomic E-state index is 0.00747. The molecule has 40 heavy (non-hydrogen) atoms. The van der Waals surface area contributed by atoms with Crippen LogP contribution in [-0.2, 0) is 29.0 Å². The maximum Gasteiger partial charge on any atom is 0.304 e. The van der Waals surface area contributed by atoms with Crippen LogP contribution >= 0.6 is 0 Å². The molecule has 0 unspecified atom stereocenters. The Morgan fingerprint density at radius 3 is 2.38 bits per heavy atom. The molecule has 1 amide bonds. The second-order valence-electron chi connectivity index (χ2n) is 10.0. The highest BCUT2D eigenvalue weighted by atomic mass is 16.5. The fourth-order valence-corrected chi connectivity index (χ4v) is 5.05. The van der Waals surface area contributed by atoms with E-state index in [1.807, 2.05) is 85.1 Å². The number of amides is 1. The maximum absolute atomic E-state index is 13.6. The number of rotatable bonds is 15. The molecule has 0 radical (unpaired) electrons. The van der Waals surface area contributed by atoms with Crippen molar-refractivity contribution in [1.29, 1.82) is 0 Å². The number of aliphatic carboxylic acids is 1. The number of carbonyl (C=O) groups is 2. The first-order valence-electron chi connectivity index (χ1n) is 13.6. The zero-order valence-electron chi connectivity index (χ0n) is 23.1. The van der Waals surface area contributed by atoms with Crippen LogP contribution in [0.25, 0.3) is 10.9 Å². The number of nitrogens with one attached hydrogen (secondary N) is 3. The van der Waals surface area contributed by atoms with Gasteiger partial charge >= 0.3 is 5.97 Å². The van der Waals surface area contributed by atoms with Crippen LogP contribution in [0.5, 0.6) is 5.75 Å². The van der Waals surface area contributed by atoms with Gasteiger partial charge in [0.2, 0.25) is 5.91 Å². The summed E-state index contributed by atoms with van der Waals surface area (Å²) in [5.74, 6) is -0.116. The lowest BCUT2D eigenvalue weighted by molar-refractivity contribution is -0.137. The summed E-state index contributed by atoms with van der Waals surface area (Å²) >= 11 is 0. The van der Waals surface area contributed by atoms with E-state index < -0.39 is 12.0 Å². The third-order valence-corrected chi connectivity index (χ3v) is 7.07. The second kappa shape index (κ2) is 14.3. The van der Waals surface area contributed by atoms with Crippen molar-refractivity contribution in [2.75, 3.05) is 27.2 Å². The predicted octanol–water partition coefficient (Wildman–Crippen LogP) is 4.01. The number of benzene rings is 3. The van der Waals surface area contributed by atoms with Crippen molar-refractivity contribution in [1.82, 2.24) is 20.5 Å². The number of aromatic amines is 1. The Hall–Kier alpha value is -4.14. The summed E-state index contributed by atoms with van der Waals surface area (Å²) in [5.41, 5.74) is 4.12. The van der Waals surface area contributed by atoms with Crippen LogP contribution in [-0.4, -0.2) is 66.2 Å². The third kappa shape index (κ3) is 7.94. The van der Waals surface area contributed by atoms with E-state index >= 15 is 0 Å². The van der Waals surface area contributed by atoms with Gasteiger partial charge < -0.3 is 30.4 Å². The van der Waals surface area contributed by atoms with Gasteiger partial charge in [-0.2, -0.15) is 0 Å². The summed E-state index contributed by atoms with van der Waals surface area (Å²) in [7, 11) is 3.43. The fraction of sp³-hybridized carbons (Fsp3) is 0.312. The van der Waals surface area contributed by atoms with Gasteiger partial charge in [-0.05, 0) is 36.1 Å². The Kier molecular flexibility index (Phi) is 10.3. The van der Waals surface area contributed by atoms with Gasteiger partial charge in [-0.3, -0.25) is 9.59 Å². The minimum atomic E-state index is -0.847. The first-order valence-corrected chi connectivity index (χ1v) is 13.6. The average Bonchev–Trinajstić information content (AvgIpc) is 3.37. The number of carboxylic acid groups (broad SMARTS) is 1. The predicted molar refractivity (Wildman–Crippen MR) is 157 cm³/mol. The number of para-hydroxylation sites is 2. The number of aromatic nitrogens is 1. The van der Waals surface area contributed by atoms with Crippen molar-refractivity contribution in [3.05, 3.63) is 102 Å². The van der Waals surface area contributed by atoms with Gasteiger partial charge in [0.05, 0.1) is 19.6 Å². The highest BCUT2D eigenvalue weighted by Gasteiger charge is 2.23. The fourth-order valence-electron chi connectivity index (χ4n) is 5.05. The number of H-pyrrole nitrogens is 1. The number of hydrogen-bond acceptors (Lipinski definition) is 5. The first-order chi connectivity index (χ1) is 19.4. The summed E-state index contributed by atoms with van der Waals surface area (Å²) in [4.78, 5) is 30.1. The zero-order chi connectivity index (χ0) is 28.3. The summed E-state index contributed by atoms with van der Waals surface area (Å²) in [6, 6.07) is 25.0. The Labute approximate surface area is 235 Å². The van der Waals surface area contributed by atoms with Gasteiger partial charge in [0.25, 0.3) is 0 Å². The van der Waals surface area contributed by atoms with E-state index in [2.05, 4.69) is 15.6 Å². The quantitative estimate of drug-likeness (QED) is 0.169. The molecule has 0 aliphatic rings. The molecular formula is C32H38N4O4. The van der Waals surface area contributed by atoms with Crippen LogP contribution in [0.4, 0.5) is 0 Å². The van der Waals surface area contributed by atoms with Crippen LogP contribution in [0.2, 0.25) is 0 Å². The third-order valence-electron chi connectivity index (χ3n) is 7.07. The molecule has 0 spiro atoms. The highest BCUT2D eigenvalue weighted by Crippen LogP contribution is 2.21. The topological polar surface area (TPSA) is 107 Å². The van der Waals surface area contributed by atoms with Crippen molar-refractivity contribution in [2.45, 2.75) is 37.9 Å². The van der Waals surface area contributed by atoms with Crippen LogP contribution in [0, 0.1) is 0 Å². The summed E-state index contributed by atoms with van der Waals surface area (Å²) in [6.45, 7) is 1.46. The van der Waals surface area contributed by atoms with E-state index in [0.717, 1.165) is 33.3 Å². The molecule has 0 saturated heterocycles. The van der Waals surface area contributed by atoms with Crippen molar-refractivity contribution >= 4 is 22.8 Å². The largest absolute Gasteiger partial charge is 0.496 e. The molecule has 0 aliphatic heterocycles. The van der Waals surface area contributed by atoms with Gasteiger partial charge in [0.1, 0.15) is 5.75 Å². The molecule has 210 valence electrons. The molecule has 1 aromatic heterocycles. The molecule has 1 heterocycles. The number of fused-ring (bicyclic) bond motifs is 1. The van der Waals surface area contributed by atoms with Crippen molar-refractivity contribution in [3.63, 3.8) is 0 Å². The van der Waals surface area contributed by atoms with Gasteiger partial charge in [-0.1, -0.05) is 66.7 Å². The summed E-state index contributed by atoms with van der Waals surface area (Å²) in [5, 5.41) is 17.4. The molecule has 4 rings (SSSR count). The second-order valence-corrected chi connectivity index (χ2v) is 10.0. The molecule has 0 saturated carbocycles. The molecule has 0 fully saturated rings. The van der Waals surface area contributed by atoms with E-state index in [1.165, 1.54) is 0 Å². The van der Waals surface area contributed by atoms with E-state index in [9.17, 15) is 14.7 Å². The molecule has 3 aromatic carbocycles. The smallest absolute Gasteiger partial charge is 0.304 e. The van der Waals surface area contributed by atoms with E-state index in [0.29, 0.717) is 32.5 Å². The van der Waals surface area contributed by atoms with E-state index in [-0.39, 0.29) is 18.4 Å². The monoisotopic (exact) mass is 542 g/mol. The number of hydrogen-bond donors (Lipinski definition) is 4. The summed E-state index contributed by atoms with van der Waals surface area (Å²) < 4.78 is 5.47. The molecule has 8 nitrogen and oxygen atoms in total. The number of nitrogens with zero attached hydrogens (tertiary/aromatic N) is 1. The molecule has 8 heteroatoms. The normalized spacial score (nSPS) is 12.7. The minimum Gasteiger partial charge on any atom is -0.496 e. The zero-order valence-corrected chi connectivity index (χ0v) is 23.1. The van der Waals surface area contributed by atoms with Crippen LogP contribution < -0.4 is 15.4 Å². The highest BCUT2D eigenvalue weighted by molar-refractivity contribution is 5.83. The Balaban J connectivity index is 1.39. The molecule has 4 N–H and O–H groups in total. The molecule has 2 atom stereocenters. The first kappa shape index (κ1) is 28.9. The number of carbonyl (C=O) groups excluding carboxylic acids is 1. The van der Waals surface area contributed by atoms with E-state index in [4.69, 9.17) is 4.74 Å². The Morgan fingerprint density at radius 2 is 1.60 bits per heavy atom. The maximum atomic E-state index is 13.6. The molecule has 4 aromatic rings. The number of methoxy groups -OCH3 is 1. The lowest BCUT2D eigenvalue weighted by Crippen LogP contribution is -2.48. The lowest BCUT2D eigenvalue weighted by Gasteiger charge is -2.26. The molecule has 0 aliphatic carbocycles. The van der Waals surface area contributed by atoms with Gasteiger partial charge in [-0.15, -0.1) is 0 Å².